The first-order valence-electron chi connectivity index (χ1n) is 7.11. The molecule has 3 heteroatoms. The maximum Gasteiger partial charge on any atom is 0.149 e. The van der Waals surface area contributed by atoms with E-state index in [1.807, 2.05) is 61.5 Å². The number of halogens is 1. The predicted octanol–water partition coefficient (Wildman–Crippen LogP) is 4.54. The van der Waals surface area contributed by atoms with Crippen molar-refractivity contribution in [2.24, 2.45) is 0 Å². The first-order chi connectivity index (χ1) is 10.2. The molecule has 2 nitrogen and oxygen atoms in total. The molecule has 3 rings (SSSR count). The molecule has 21 heavy (non-hydrogen) atoms. The second-order valence-electron chi connectivity index (χ2n) is 5.10. The minimum absolute atomic E-state index is 0.344. The number of rotatable bonds is 3. The average molecular weight is 301 g/mol. The highest BCUT2D eigenvalue weighted by Crippen LogP contribution is 2.45. The lowest BCUT2D eigenvalue weighted by Crippen LogP contribution is -2.24. The number of fused-ring (bicyclic) bond motifs is 1. The molecular weight excluding hydrogens is 284 g/mol. The zero-order valence-corrected chi connectivity index (χ0v) is 12.5. The fourth-order valence-electron chi connectivity index (χ4n) is 2.63. The van der Waals surface area contributed by atoms with Gasteiger partial charge in [-0.2, -0.15) is 0 Å². The molecule has 2 atom stereocenters. The number of hydrogen-bond acceptors (Lipinski definition) is 2. The van der Waals surface area contributed by atoms with Crippen LogP contribution in [0.3, 0.4) is 0 Å². The van der Waals surface area contributed by atoms with Gasteiger partial charge >= 0.3 is 0 Å². The van der Waals surface area contributed by atoms with Gasteiger partial charge in [-0.3, -0.25) is 0 Å². The van der Waals surface area contributed by atoms with Gasteiger partial charge in [0.15, 0.2) is 0 Å². The standard InChI is InChI=1S/C18H17ClO2/c1-2-14(20)16-17(19)13-10-6-7-11-15(13)21-18(16)12-8-4-3-5-9-12/h3-11,14,18,20H,2H2,1H3/t14-,18-/m1/s1. The molecule has 0 spiro atoms. The van der Waals surface area contributed by atoms with Gasteiger partial charge in [-0.1, -0.05) is 61.0 Å². The van der Waals surface area contributed by atoms with Crippen LogP contribution in [0.5, 0.6) is 5.75 Å². The van der Waals surface area contributed by atoms with Crippen molar-refractivity contribution in [3.05, 3.63) is 71.3 Å². The Kier molecular flexibility index (Phi) is 4.00. The third-order valence-electron chi connectivity index (χ3n) is 3.75. The molecule has 1 aliphatic rings. The smallest absolute Gasteiger partial charge is 0.149 e. The third-order valence-corrected chi connectivity index (χ3v) is 4.17. The number of hydrogen-bond donors (Lipinski definition) is 1. The maximum absolute atomic E-state index is 10.4. The normalized spacial score (nSPS) is 18.9. The number of aliphatic hydroxyl groups excluding tert-OH is 1. The molecule has 0 radical (unpaired) electrons. The van der Waals surface area contributed by atoms with Crippen molar-refractivity contribution >= 4 is 16.6 Å². The third kappa shape index (κ3) is 2.57. The summed E-state index contributed by atoms with van der Waals surface area (Å²) < 4.78 is 6.12. The second kappa shape index (κ2) is 5.92. The highest BCUT2D eigenvalue weighted by Gasteiger charge is 2.32. The van der Waals surface area contributed by atoms with Crippen LogP contribution in [0.4, 0.5) is 0 Å². The van der Waals surface area contributed by atoms with E-state index < -0.39 is 6.10 Å². The second-order valence-corrected chi connectivity index (χ2v) is 5.48. The maximum atomic E-state index is 10.4. The summed E-state index contributed by atoms with van der Waals surface area (Å²) in [5.41, 5.74) is 2.57. The van der Waals surface area contributed by atoms with Crippen LogP contribution in [-0.4, -0.2) is 11.2 Å². The minimum Gasteiger partial charge on any atom is -0.480 e. The Morgan fingerprint density at radius 1 is 1.10 bits per heavy atom. The van der Waals surface area contributed by atoms with Crippen LogP contribution in [0, 0.1) is 0 Å². The molecule has 0 aromatic heterocycles. The van der Waals surface area contributed by atoms with Gasteiger partial charge in [-0.05, 0) is 24.1 Å². The lowest BCUT2D eigenvalue weighted by atomic mass is 9.91. The Balaban J connectivity index is 2.15. The van der Waals surface area contributed by atoms with Crippen LogP contribution < -0.4 is 4.74 Å². The monoisotopic (exact) mass is 300 g/mol. The summed E-state index contributed by atoms with van der Waals surface area (Å²) in [6.07, 6.45) is -0.361. The van der Waals surface area contributed by atoms with Crippen molar-refractivity contribution in [1.29, 1.82) is 0 Å². The van der Waals surface area contributed by atoms with E-state index >= 15 is 0 Å². The molecule has 0 amide bonds. The van der Waals surface area contributed by atoms with Crippen molar-refractivity contribution in [3.8, 4) is 5.75 Å². The van der Waals surface area contributed by atoms with Gasteiger partial charge in [0.05, 0.1) is 11.1 Å². The van der Waals surface area contributed by atoms with Crippen molar-refractivity contribution in [3.63, 3.8) is 0 Å². The molecule has 0 aliphatic carbocycles. The summed E-state index contributed by atoms with van der Waals surface area (Å²) in [6.45, 7) is 1.93. The summed E-state index contributed by atoms with van der Waals surface area (Å²) in [4.78, 5) is 0. The van der Waals surface area contributed by atoms with E-state index in [9.17, 15) is 5.11 Å². The van der Waals surface area contributed by atoms with Gasteiger partial charge in [0.2, 0.25) is 0 Å². The van der Waals surface area contributed by atoms with Gasteiger partial charge in [-0.25, -0.2) is 0 Å². The molecular formula is C18H17ClO2. The number of benzene rings is 2. The molecule has 0 fully saturated rings. The Morgan fingerprint density at radius 3 is 2.48 bits per heavy atom. The Hall–Kier alpha value is -1.77. The molecule has 2 aromatic carbocycles. The van der Waals surface area contributed by atoms with Gasteiger partial charge < -0.3 is 9.84 Å². The molecule has 0 saturated carbocycles. The van der Waals surface area contributed by atoms with Crippen molar-refractivity contribution in [1.82, 2.24) is 0 Å². The first kappa shape index (κ1) is 14.2. The Labute approximate surface area is 129 Å². The van der Waals surface area contributed by atoms with E-state index in [1.54, 1.807) is 0 Å². The van der Waals surface area contributed by atoms with E-state index in [2.05, 4.69) is 0 Å². The molecule has 1 heterocycles. The van der Waals surface area contributed by atoms with Crippen LogP contribution in [0.2, 0.25) is 0 Å². The van der Waals surface area contributed by atoms with E-state index in [1.165, 1.54) is 0 Å². The van der Waals surface area contributed by atoms with Crippen LogP contribution in [0.1, 0.15) is 30.6 Å². The van der Waals surface area contributed by atoms with Gasteiger partial charge in [0, 0.05) is 11.1 Å². The van der Waals surface area contributed by atoms with Crippen molar-refractivity contribution < 1.29 is 9.84 Å². The zero-order valence-electron chi connectivity index (χ0n) is 11.8. The van der Waals surface area contributed by atoms with E-state index in [-0.39, 0.29) is 6.10 Å². The van der Waals surface area contributed by atoms with Crippen LogP contribution >= 0.6 is 11.6 Å². The highest BCUT2D eigenvalue weighted by atomic mass is 35.5. The quantitative estimate of drug-likeness (QED) is 0.901. The molecule has 1 N–H and O–H groups in total. The molecule has 2 aromatic rings. The molecule has 0 saturated heterocycles. The van der Waals surface area contributed by atoms with Crippen LogP contribution in [0.25, 0.3) is 5.03 Å². The Morgan fingerprint density at radius 2 is 1.76 bits per heavy atom. The van der Waals surface area contributed by atoms with Crippen molar-refractivity contribution in [2.75, 3.05) is 0 Å². The molecule has 0 unspecified atom stereocenters. The average Bonchev–Trinajstić information content (AvgIpc) is 2.55. The molecule has 1 aliphatic heterocycles. The van der Waals surface area contributed by atoms with Crippen LogP contribution in [-0.2, 0) is 0 Å². The topological polar surface area (TPSA) is 29.5 Å². The van der Waals surface area contributed by atoms with E-state index in [0.717, 1.165) is 22.4 Å². The molecule has 0 bridgehead atoms. The predicted molar refractivity (Wildman–Crippen MR) is 85.3 cm³/mol. The van der Waals surface area contributed by atoms with Gasteiger partial charge in [0.1, 0.15) is 11.9 Å². The SMILES string of the molecule is CC[C@@H](O)C1=C(Cl)c2ccccc2O[C@@H]1c1ccccc1. The molecule has 108 valence electrons. The van der Waals surface area contributed by atoms with E-state index in [0.29, 0.717) is 11.5 Å². The summed E-state index contributed by atoms with van der Waals surface area (Å²) in [7, 11) is 0. The summed E-state index contributed by atoms with van der Waals surface area (Å²) in [5, 5.41) is 11.0. The lowest BCUT2D eigenvalue weighted by molar-refractivity contribution is 0.152. The highest BCUT2D eigenvalue weighted by molar-refractivity contribution is 6.49. The summed E-state index contributed by atoms with van der Waals surface area (Å²) in [6, 6.07) is 17.5. The lowest BCUT2D eigenvalue weighted by Gasteiger charge is -2.31. The summed E-state index contributed by atoms with van der Waals surface area (Å²) >= 11 is 6.57. The first-order valence-corrected chi connectivity index (χ1v) is 7.48. The Bertz CT molecular complexity index is 664. The van der Waals surface area contributed by atoms with Crippen LogP contribution in [0.15, 0.2) is 60.2 Å². The largest absolute Gasteiger partial charge is 0.480 e. The van der Waals surface area contributed by atoms with Gasteiger partial charge in [-0.15, -0.1) is 0 Å². The van der Waals surface area contributed by atoms with Crippen molar-refractivity contribution in [2.45, 2.75) is 25.6 Å². The summed E-state index contributed by atoms with van der Waals surface area (Å²) in [5.74, 6) is 0.753. The van der Waals surface area contributed by atoms with E-state index in [4.69, 9.17) is 16.3 Å². The number of aliphatic hydroxyl groups is 1. The number of para-hydroxylation sites is 1. The van der Waals surface area contributed by atoms with Gasteiger partial charge in [0.25, 0.3) is 0 Å². The number of ether oxygens (including phenoxy) is 1. The zero-order chi connectivity index (χ0) is 14.8. The minimum atomic E-state index is -0.615. The fourth-order valence-corrected chi connectivity index (χ4v) is 3.01. The fraction of sp³-hybridized carbons (Fsp3) is 0.222.